The van der Waals surface area contributed by atoms with Gasteiger partial charge in [-0.05, 0) is 18.2 Å². The third-order valence-electron chi connectivity index (χ3n) is 2.93. The number of thiazole rings is 1. The lowest BCUT2D eigenvalue weighted by atomic mass is 10.2. The Morgan fingerprint density at radius 3 is 2.43 bits per heavy atom. The number of benzene rings is 1. The van der Waals surface area contributed by atoms with Gasteiger partial charge in [-0.25, -0.2) is 0 Å². The van der Waals surface area contributed by atoms with E-state index in [0.717, 1.165) is 11.3 Å². The van der Waals surface area contributed by atoms with E-state index >= 15 is 0 Å². The third-order valence-corrected chi connectivity index (χ3v) is 4.72. The van der Waals surface area contributed by atoms with Crippen LogP contribution in [0, 0.1) is 22.7 Å². The summed E-state index contributed by atoms with van der Waals surface area (Å²) in [4.78, 5) is 12.5. The van der Waals surface area contributed by atoms with Crippen molar-refractivity contribution in [2.75, 3.05) is 0 Å². The van der Waals surface area contributed by atoms with E-state index < -0.39 is 0 Å². The lowest BCUT2D eigenvalue weighted by Crippen LogP contribution is -2.31. The Labute approximate surface area is 146 Å². The molecule has 2 aromatic rings. The standard InChI is InChI=1S/C16H9Cl2N3OS/c1-2-6-21-15(22)14(23-16(21)10(8-19)9-20)7-11-12(17)4-3-5-13(11)18/h2-5,7H,1,6H2/b14-7-. The molecule has 0 saturated heterocycles. The van der Waals surface area contributed by atoms with Gasteiger partial charge in [0, 0.05) is 22.2 Å². The van der Waals surface area contributed by atoms with E-state index in [1.165, 1.54) is 10.6 Å². The van der Waals surface area contributed by atoms with Crippen molar-refractivity contribution in [3.8, 4) is 12.1 Å². The van der Waals surface area contributed by atoms with Gasteiger partial charge in [0.1, 0.15) is 16.8 Å². The number of hydrogen-bond donors (Lipinski definition) is 0. The highest BCUT2D eigenvalue weighted by molar-refractivity contribution is 7.07. The van der Waals surface area contributed by atoms with Crippen LogP contribution in [0.5, 0.6) is 0 Å². The van der Waals surface area contributed by atoms with E-state index in [4.69, 9.17) is 33.7 Å². The summed E-state index contributed by atoms with van der Waals surface area (Å²) in [5, 5.41) is 18.9. The van der Waals surface area contributed by atoms with Crippen molar-refractivity contribution >= 4 is 46.2 Å². The molecule has 1 aromatic heterocycles. The zero-order valence-electron chi connectivity index (χ0n) is 11.7. The SMILES string of the molecule is C=CCn1c(=C(C#N)C#N)s/c(=C\c2c(Cl)cccc2Cl)c1=O. The van der Waals surface area contributed by atoms with E-state index in [2.05, 4.69) is 6.58 Å². The predicted molar refractivity (Wildman–Crippen MR) is 92.7 cm³/mol. The van der Waals surface area contributed by atoms with E-state index in [1.807, 2.05) is 0 Å². The van der Waals surface area contributed by atoms with Crippen LogP contribution in [0.25, 0.3) is 11.6 Å². The largest absolute Gasteiger partial charge is 0.293 e. The number of hydrogen-bond acceptors (Lipinski definition) is 4. The van der Waals surface area contributed by atoms with Crippen molar-refractivity contribution in [3.05, 3.63) is 66.0 Å². The first kappa shape index (κ1) is 17.1. The van der Waals surface area contributed by atoms with Crippen molar-refractivity contribution in [2.24, 2.45) is 0 Å². The lowest BCUT2D eigenvalue weighted by molar-refractivity contribution is 0.775. The maximum atomic E-state index is 12.5. The minimum absolute atomic E-state index is 0.126. The van der Waals surface area contributed by atoms with Crippen LogP contribution < -0.4 is 14.8 Å². The van der Waals surface area contributed by atoms with Crippen LogP contribution in [0.2, 0.25) is 10.0 Å². The summed E-state index contributed by atoms with van der Waals surface area (Å²) in [6, 6.07) is 8.63. The predicted octanol–water partition coefficient (Wildman–Crippen LogP) is 2.43. The molecule has 0 saturated carbocycles. The first-order valence-corrected chi connectivity index (χ1v) is 7.91. The fourth-order valence-corrected chi connectivity index (χ4v) is 3.45. The monoisotopic (exact) mass is 361 g/mol. The Morgan fingerprint density at radius 1 is 1.30 bits per heavy atom. The number of nitrogens with zero attached hydrogens (tertiary/aromatic N) is 3. The summed E-state index contributed by atoms with van der Waals surface area (Å²) in [6.45, 7) is 3.78. The van der Waals surface area contributed by atoms with Gasteiger partial charge in [0.05, 0.1) is 4.53 Å². The topological polar surface area (TPSA) is 69.6 Å². The molecular formula is C16H9Cl2N3OS. The summed E-state index contributed by atoms with van der Waals surface area (Å²) in [5.74, 6) is 0. The van der Waals surface area contributed by atoms with Crippen molar-refractivity contribution in [1.82, 2.24) is 4.57 Å². The quantitative estimate of drug-likeness (QED) is 0.788. The highest BCUT2D eigenvalue weighted by atomic mass is 35.5. The molecule has 0 spiro atoms. The zero-order valence-corrected chi connectivity index (χ0v) is 14.0. The number of halogens is 2. The van der Waals surface area contributed by atoms with Crippen LogP contribution in [-0.4, -0.2) is 4.57 Å². The number of allylic oxidation sites excluding steroid dienone is 1. The van der Waals surface area contributed by atoms with Crippen LogP contribution in [0.1, 0.15) is 5.56 Å². The van der Waals surface area contributed by atoms with Gasteiger partial charge in [0.2, 0.25) is 0 Å². The Hall–Kier alpha value is -2.31. The minimum atomic E-state index is -0.330. The second-order valence-electron chi connectivity index (χ2n) is 4.35. The van der Waals surface area contributed by atoms with Gasteiger partial charge in [-0.1, -0.05) is 35.3 Å². The van der Waals surface area contributed by atoms with Crippen molar-refractivity contribution < 1.29 is 0 Å². The molecule has 0 atom stereocenters. The van der Waals surface area contributed by atoms with Crippen molar-refractivity contribution in [3.63, 3.8) is 0 Å². The van der Waals surface area contributed by atoms with Crippen molar-refractivity contribution in [2.45, 2.75) is 6.54 Å². The highest BCUT2D eigenvalue weighted by Crippen LogP contribution is 2.24. The average Bonchev–Trinajstić information content (AvgIpc) is 2.82. The Morgan fingerprint density at radius 2 is 1.91 bits per heavy atom. The van der Waals surface area contributed by atoms with Gasteiger partial charge < -0.3 is 0 Å². The van der Waals surface area contributed by atoms with Crippen LogP contribution in [0.15, 0.2) is 35.6 Å². The molecule has 114 valence electrons. The molecule has 0 radical (unpaired) electrons. The van der Waals surface area contributed by atoms with Gasteiger partial charge in [-0.15, -0.1) is 17.9 Å². The molecule has 0 amide bonds. The molecule has 0 bridgehead atoms. The number of aromatic nitrogens is 1. The van der Waals surface area contributed by atoms with Crippen LogP contribution in [0.4, 0.5) is 0 Å². The molecule has 0 aliphatic carbocycles. The van der Waals surface area contributed by atoms with E-state index in [9.17, 15) is 4.79 Å². The van der Waals surface area contributed by atoms with Crippen LogP contribution >= 0.6 is 34.5 Å². The van der Waals surface area contributed by atoms with Crippen LogP contribution in [-0.2, 0) is 6.54 Å². The first-order chi connectivity index (χ1) is 11.0. The van der Waals surface area contributed by atoms with Gasteiger partial charge in [-0.3, -0.25) is 9.36 Å². The molecule has 1 aromatic carbocycles. The molecule has 0 fully saturated rings. The fraction of sp³-hybridized carbons (Fsp3) is 0.0625. The van der Waals surface area contributed by atoms with Gasteiger partial charge in [0.25, 0.3) is 5.56 Å². The molecule has 4 nitrogen and oxygen atoms in total. The maximum Gasteiger partial charge on any atom is 0.269 e. The Bertz CT molecular complexity index is 999. The zero-order chi connectivity index (χ0) is 17.0. The number of nitriles is 2. The first-order valence-electron chi connectivity index (χ1n) is 6.34. The van der Waals surface area contributed by atoms with Crippen molar-refractivity contribution in [1.29, 1.82) is 10.5 Å². The molecule has 1 heterocycles. The summed E-state index contributed by atoms with van der Waals surface area (Å²) in [7, 11) is 0. The normalized spacial score (nSPS) is 10.9. The third kappa shape index (κ3) is 3.38. The van der Waals surface area contributed by atoms with Gasteiger partial charge in [-0.2, -0.15) is 10.5 Å². The molecule has 0 aliphatic rings. The molecule has 0 unspecified atom stereocenters. The maximum absolute atomic E-state index is 12.5. The molecule has 0 aliphatic heterocycles. The Balaban J connectivity index is 2.90. The Kier molecular flexibility index (Phi) is 5.41. The molecule has 23 heavy (non-hydrogen) atoms. The smallest absolute Gasteiger partial charge is 0.269 e. The summed E-state index contributed by atoms with van der Waals surface area (Å²) >= 11 is 13.3. The van der Waals surface area contributed by atoms with Gasteiger partial charge in [0.15, 0.2) is 5.57 Å². The molecular weight excluding hydrogens is 353 g/mol. The number of rotatable bonds is 3. The average molecular weight is 362 g/mol. The van der Waals surface area contributed by atoms with E-state index in [0.29, 0.717) is 20.1 Å². The summed E-state index contributed by atoms with van der Waals surface area (Å²) < 4.78 is 1.95. The summed E-state index contributed by atoms with van der Waals surface area (Å²) in [5.41, 5.74) is 0.0599. The lowest BCUT2D eigenvalue weighted by Gasteiger charge is -1.99. The minimum Gasteiger partial charge on any atom is -0.293 e. The fourth-order valence-electron chi connectivity index (χ4n) is 1.90. The molecule has 0 N–H and O–H groups in total. The van der Waals surface area contributed by atoms with Crippen LogP contribution in [0.3, 0.4) is 0 Å². The highest BCUT2D eigenvalue weighted by Gasteiger charge is 2.09. The molecule has 7 heteroatoms. The molecule has 2 rings (SSSR count). The second kappa shape index (κ2) is 7.30. The summed E-state index contributed by atoms with van der Waals surface area (Å²) in [6.07, 6.45) is 3.09. The second-order valence-corrected chi connectivity index (χ2v) is 6.20. The van der Waals surface area contributed by atoms with Gasteiger partial charge >= 0.3 is 0 Å². The van der Waals surface area contributed by atoms with E-state index in [-0.39, 0.29) is 22.3 Å². The van der Waals surface area contributed by atoms with E-state index in [1.54, 1.807) is 36.4 Å².